The molecule has 6 nitrogen and oxygen atoms in total. The summed E-state index contributed by atoms with van der Waals surface area (Å²) in [4.78, 5) is 24.6. The Bertz CT molecular complexity index is 298. The SMILES string of the molecule is CC(CN(CCOCCO)C(=O)C(C)(C)C)C(=O)O. The highest BCUT2D eigenvalue weighted by atomic mass is 16.5. The van der Waals surface area contributed by atoms with Crippen molar-refractivity contribution in [2.24, 2.45) is 11.3 Å². The van der Waals surface area contributed by atoms with Gasteiger partial charge in [-0.15, -0.1) is 0 Å². The number of rotatable bonds is 8. The van der Waals surface area contributed by atoms with E-state index in [1.807, 2.05) is 0 Å². The number of carboxylic acid groups (broad SMARTS) is 1. The lowest BCUT2D eigenvalue weighted by Crippen LogP contribution is -2.44. The van der Waals surface area contributed by atoms with Gasteiger partial charge in [-0.1, -0.05) is 27.7 Å². The molecule has 0 aliphatic carbocycles. The van der Waals surface area contributed by atoms with Crippen LogP contribution in [0.15, 0.2) is 0 Å². The van der Waals surface area contributed by atoms with Gasteiger partial charge >= 0.3 is 5.97 Å². The van der Waals surface area contributed by atoms with Crippen molar-refractivity contribution < 1.29 is 24.5 Å². The largest absolute Gasteiger partial charge is 0.481 e. The first-order chi connectivity index (χ1) is 8.70. The molecule has 0 aliphatic rings. The fourth-order valence-electron chi connectivity index (χ4n) is 1.50. The predicted molar refractivity (Wildman–Crippen MR) is 70.7 cm³/mol. The number of hydrogen-bond donors (Lipinski definition) is 2. The molecule has 0 aromatic rings. The smallest absolute Gasteiger partial charge is 0.308 e. The van der Waals surface area contributed by atoms with E-state index < -0.39 is 17.3 Å². The average molecular weight is 275 g/mol. The van der Waals surface area contributed by atoms with Crippen molar-refractivity contribution in [1.29, 1.82) is 0 Å². The molecule has 1 unspecified atom stereocenters. The van der Waals surface area contributed by atoms with Crippen molar-refractivity contribution >= 4 is 11.9 Å². The van der Waals surface area contributed by atoms with E-state index in [1.54, 1.807) is 27.7 Å². The van der Waals surface area contributed by atoms with Crippen molar-refractivity contribution in [3.05, 3.63) is 0 Å². The maximum Gasteiger partial charge on any atom is 0.308 e. The number of amides is 1. The van der Waals surface area contributed by atoms with Crippen LogP contribution in [0.2, 0.25) is 0 Å². The second-order valence-electron chi connectivity index (χ2n) is 5.58. The third-order valence-corrected chi connectivity index (χ3v) is 2.59. The third-order valence-electron chi connectivity index (χ3n) is 2.59. The van der Waals surface area contributed by atoms with Crippen LogP contribution in [-0.4, -0.2) is 59.9 Å². The van der Waals surface area contributed by atoms with E-state index in [9.17, 15) is 9.59 Å². The van der Waals surface area contributed by atoms with Crippen LogP contribution < -0.4 is 0 Å². The molecule has 0 aromatic carbocycles. The Labute approximate surface area is 114 Å². The number of aliphatic carboxylic acids is 1. The first-order valence-corrected chi connectivity index (χ1v) is 6.41. The summed E-state index contributed by atoms with van der Waals surface area (Å²) in [5, 5.41) is 17.5. The minimum atomic E-state index is -0.928. The maximum absolute atomic E-state index is 12.2. The first kappa shape index (κ1) is 17.9. The molecule has 0 bridgehead atoms. The molecule has 19 heavy (non-hydrogen) atoms. The summed E-state index contributed by atoms with van der Waals surface area (Å²) in [6, 6.07) is 0. The Morgan fingerprint density at radius 2 is 1.84 bits per heavy atom. The van der Waals surface area contributed by atoms with Crippen LogP contribution >= 0.6 is 0 Å². The summed E-state index contributed by atoms with van der Waals surface area (Å²) in [6.45, 7) is 7.87. The van der Waals surface area contributed by atoms with Crippen molar-refractivity contribution in [2.75, 3.05) is 32.9 Å². The molecule has 0 spiro atoms. The fourth-order valence-corrected chi connectivity index (χ4v) is 1.50. The van der Waals surface area contributed by atoms with E-state index in [4.69, 9.17) is 14.9 Å². The number of carbonyl (C=O) groups excluding carboxylic acids is 1. The van der Waals surface area contributed by atoms with Crippen LogP contribution in [0, 0.1) is 11.3 Å². The van der Waals surface area contributed by atoms with Crippen LogP contribution in [0.4, 0.5) is 0 Å². The van der Waals surface area contributed by atoms with Crippen LogP contribution in [0.1, 0.15) is 27.7 Å². The lowest BCUT2D eigenvalue weighted by molar-refractivity contribution is -0.146. The quantitative estimate of drug-likeness (QED) is 0.633. The van der Waals surface area contributed by atoms with Gasteiger partial charge in [-0.25, -0.2) is 0 Å². The Morgan fingerprint density at radius 1 is 1.26 bits per heavy atom. The molecule has 112 valence electrons. The second kappa shape index (κ2) is 8.12. The van der Waals surface area contributed by atoms with Gasteiger partial charge in [-0.05, 0) is 0 Å². The Kier molecular flexibility index (Phi) is 7.63. The van der Waals surface area contributed by atoms with Crippen molar-refractivity contribution in [3.8, 4) is 0 Å². The van der Waals surface area contributed by atoms with Gasteiger partial charge in [-0.3, -0.25) is 9.59 Å². The summed E-state index contributed by atoms with van der Waals surface area (Å²) in [6.07, 6.45) is 0. The number of hydrogen-bond acceptors (Lipinski definition) is 4. The number of carbonyl (C=O) groups is 2. The zero-order valence-electron chi connectivity index (χ0n) is 12.2. The van der Waals surface area contributed by atoms with E-state index in [0.717, 1.165) is 0 Å². The summed E-state index contributed by atoms with van der Waals surface area (Å²) in [5.74, 6) is -1.65. The number of ether oxygens (including phenoxy) is 1. The van der Waals surface area contributed by atoms with Gasteiger partial charge in [0.05, 0.1) is 25.7 Å². The van der Waals surface area contributed by atoms with Gasteiger partial charge < -0.3 is 19.8 Å². The summed E-state index contributed by atoms with van der Waals surface area (Å²) in [7, 11) is 0. The summed E-state index contributed by atoms with van der Waals surface area (Å²) in [5.41, 5.74) is -0.560. The molecule has 0 aromatic heterocycles. The van der Waals surface area contributed by atoms with E-state index in [-0.39, 0.29) is 32.3 Å². The molecule has 0 aliphatic heterocycles. The Morgan fingerprint density at radius 3 is 2.26 bits per heavy atom. The molecule has 6 heteroatoms. The highest BCUT2D eigenvalue weighted by molar-refractivity contribution is 5.82. The summed E-state index contributed by atoms with van der Waals surface area (Å²) >= 11 is 0. The molecule has 1 amide bonds. The lowest BCUT2D eigenvalue weighted by atomic mass is 9.94. The van der Waals surface area contributed by atoms with Crippen molar-refractivity contribution in [2.45, 2.75) is 27.7 Å². The van der Waals surface area contributed by atoms with Gasteiger partial charge in [0.1, 0.15) is 0 Å². The maximum atomic E-state index is 12.2. The van der Waals surface area contributed by atoms with E-state index >= 15 is 0 Å². The highest BCUT2D eigenvalue weighted by Gasteiger charge is 2.29. The molecule has 1 atom stereocenters. The van der Waals surface area contributed by atoms with Crippen LogP contribution in [0.5, 0.6) is 0 Å². The van der Waals surface area contributed by atoms with Gasteiger partial charge in [0.15, 0.2) is 0 Å². The van der Waals surface area contributed by atoms with E-state index in [2.05, 4.69) is 0 Å². The average Bonchev–Trinajstić information content (AvgIpc) is 2.30. The molecule has 0 radical (unpaired) electrons. The molecular weight excluding hydrogens is 250 g/mol. The Balaban J connectivity index is 4.55. The standard InChI is InChI=1S/C13H25NO5/c1-10(11(16)17)9-14(5-7-19-8-6-15)12(18)13(2,3)4/h10,15H,5-9H2,1-4H3,(H,16,17). The van der Waals surface area contributed by atoms with Gasteiger partial charge in [0.25, 0.3) is 0 Å². The predicted octanol–water partition coefficient (Wildman–Crippen LogP) is 0.591. The Hall–Kier alpha value is -1.14. The van der Waals surface area contributed by atoms with Crippen LogP contribution in [0.3, 0.4) is 0 Å². The van der Waals surface area contributed by atoms with Crippen molar-refractivity contribution in [1.82, 2.24) is 4.90 Å². The van der Waals surface area contributed by atoms with E-state index in [1.165, 1.54) is 4.90 Å². The molecule has 0 heterocycles. The number of carboxylic acids is 1. The molecule has 0 fully saturated rings. The molecule has 2 N–H and O–H groups in total. The molecule has 0 saturated heterocycles. The first-order valence-electron chi connectivity index (χ1n) is 6.41. The zero-order chi connectivity index (χ0) is 15.1. The summed E-state index contributed by atoms with van der Waals surface area (Å²) < 4.78 is 5.13. The minimum Gasteiger partial charge on any atom is -0.481 e. The number of aliphatic hydroxyl groups is 1. The monoisotopic (exact) mass is 275 g/mol. The lowest BCUT2D eigenvalue weighted by Gasteiger charge is -2.30. The number of nitrogens with zero attached hydrogens (tertiary/aromatic N) is 1. The van der Waals surface area contributed by atoms with Crippen LogP contribution in [-0.2, 0) is 14.3 Å². The fraction of sp³-hybridized carbons (Fsp3) is 0.846. The molecule has 0 saturated carbocycles. The van der Waals surface area contributed by atoms with Gasteiger partial charge in [-0.2, -0.15) is 0 Å². The highest BCUT2D eigenvalue weighted by Crippen LogP contribution is 2.18. The molecular formula is C13H25NO5. The van der Waals surface area contributed by atoms with Gasteiger partial charge in [0, 0.05) is 18.5 Å². The van der Waals surface area contributed by atoms with Crippen molar-refractivity contribution in [3.63, 3.8) is 0 Å². The topological polar surface area (TPSA) is 87.1 Å². The van der Waals surface area contributed by atoms with Crippen LogP contribution in [0.25, 0.3) is 0 Å². The second-order valence-corrected chi connectivity index (χ2v) is 5.58. The minimum absolute atomic E-state index is 0.0707. The zero-order valence-corrected chi connectivity index (χ0v) is 12.2. The molecule has 0 rings (SSSR count). The normalized spacial score (nSPS) is 13.1. The number of aliphatic hydroxyl groups excluding tert-OH is 1. The van der Waals surface area contributed by atoms with E-state index in [0.29, 0.717) is 6.54 Å². The van der Waals surface area contributed by atoms with Gasteiger partial charge in [0.2, 0.25) is 5.91 Å². The third kappa shape index (κ3) is 7.12.